The van der Waals surface area contributed by atoms with Gasteiger partial charge >= 0.3 is 0 Å². The lowest BCUT2D eigenvalue weighted by Gasteiger charge is -2.06. The molecule has 0 spiro atoms. The summed E-state index contributed by atoms with van der Waals surface area (Å²) in [5.41, 5.74) is 1.81. The van der Waals surface area contributed by atoms with Crippen molar-refractivity contribution in [2.75, 3.05) is 12.1 Å². The molecule has 0 saturated carbocycles. The predicted octanol–water partition coefficient (Wildman–Crippen LogP) is 2.38. The molecule has 0 fully saturated rings. The maximum absolute atomic E-state index is 11.9. The summed E-state index contributed by atoms with van der Waals surface area (Å²) in [6.07, 6.45) is 4.58. The van der Waals surface area contributed by atoms with Crippen LogP contribution >= 0.6 is 0 Å². The van der Waals surface area contributed by atoms with Crippen molar-refractivity contribution in [1.29, 1.82) is 0 Å². The summed E-state index contributed by atoms with van der Waals surface area (Å²) in [6, 6.07) is 9.19. The molecule has 0 bridgehead atoms. The number of hydrogen-bond acceptors (Lipinski definition) is 4. The Labute approximate surface area is 116 Å². The van der Waals surface area contributed by atoms with E-state index in [2.05, 4.69) is 10.3 Å². The van der Waals surface area contributed by atoms with Crippen LogP contribution in [0.1, 0.15) is 12.0 Å². The third-order valence-corrected chi connectivity index (χ3v) is 3.05. The maximum atomic E-state index is 11.9. The number of ether oxygens (including phenoxy) is 2. The molecule has 0 radical (unpaired) electrons. The summed E-state index contributed by atoms with van der Waals surface area (Å²) in [6.45, 7) is 0.231. The number of benzene rings is 1. The van der Waals surface area contributed by atoms with E-state index in [4.69, 9.17) is 9.47 Å². The van der Waals surface area contributed by atoms with E-state index in [1.807, 2.05) is 12.1 Å². The van der Waals surface area contributed by atoms with Crippen LogP contribution < -0.4 is 14.8 Å². The lowest BCUT2D eigenvalue weighted by Crippen LogP contribution is -2.12. The molecule has 0 unspecified atom stereocenters. The van der Waals surface area contributed by atoms with E-state index in [1.165, 1.54) is 0 Å². The number of pyridine rings is 1. The third-order valence-electron chi connectivity index (χ3n) is 3.05. The highest BCUT2D eigenvalue weighted by Gasteiger charge is 2.14. The van der Waals surface area contributed by atoms with Gasteiger partial charge in [-0.3, -0.25) is 9.78 Å². The summed E-state index contributed by atoms with van der Waals surface area (Å²) in [7, 11) is 0. The van der Waals surface area contributed by atoms with Crippen molar-refractivity contribution >= 4 is 11.6 Å². The zero-order chi connectivity index (χ0) is 13.8. The number of aryl methyl sites for hydroxylation is 1. The van der Waals surface area contributed by atoms with Gasteiger partial charge in [-0.15, -0.1) is 0 Å². The van der Waals surface area contributed by atoms with Crippen LogP contribution in [0.25, 0.3) is 0 Å². The Hall–Kier alpha value is -2.56. The molecular formula is C15H14N2O3. The number of carbonyl (C=O) groups excluding carboxylic acids is 1. The number of hydrogen-bond donors (Lipinski definition) is 1. The minimum absolute atomic E-state index is 0.0272. The monoisotopic (exact) mass is 270 g/mol. The molecule has 102 valence electrons. The number of nitrogens with one attached hydrogen (secondary N) is 1. The van der Waals surface area contributed by atoms with E-state index < -0.39 is 0 Å². The molecular weight excluding hydrogens is 256 g/mol. The van der Waals surface area contributed by atoms with Crippen LogP contribution in [0.4, 0.5) is 5.69 Å². The smallest absolute Gasteiger partial charge is 0.231 e. The number of rotatable bonds is 4. The zero-order valence-electron chi connectivity index (χ0n) is 10.8. The molecule has 5 nitrogen and oxygen atoms in total. The van der Waals surface area contributed by atoms with E-state index in [0.717, 1.165) is 5.56 Å². The molecule has 2 aromatic rings. The van der Waals surface area contributed by atoms with Crippen molar-refractivity contribution in [1.82, 2.24) is 4.98 Å². The number of amides is 1. The molecule has 0 atom stereocenters. The normalized spacial score (nSPS) is 12.2. The molecule has 1 amide bonds. The van der Waals surface area contributed by atoms with E-state index >= 15 is 0 Å². The number of fused-ring (bicyclic) bond motifs is 1. The van der Waals surface area contributed by atoms with E-state index in [9.17, 15) is 4.79 Å². The Morgan fingerprint density at radius 3 is 2.80 bits per heavy atom. The van der Waals surface area contributed by atoms with Crippen molar-refractivity contribution in [3.8, 4) is 11.5 Å². The Bertz CT molecular complexity index is 614. The van der Waals surface area contributed by atoms with Gasteiger partial charge in [-0.05, 0) is 36.2 Å². The van der Waals surface area contributed by atoms with Gasteiger partial charge in [0.25, 0.3) is 0 Å². The molecule has 5 heteroatoms. The first-order valence-electron chi connectivity index (χ1n) is 6.40. The fraction of sp³-hybridized carbons (Fsp3) is 0.200. The van der Waals surface area contributed by atoms with E-state index in [0.29, 0.717) is 30.0 Å². The first-order chi connectivity index (χ1) is 9.81. The number of aromatic nitrogens is 1. The van der Waals surface area contributed by atoms with Crippen LogP contribution in [0.15, 0.2) is 42.7 Å². The highest BCUT2D eigenvalue weighted by atomic mass is 16.7. The quantitative estimate of drug-likeness (QED) is 0.926. The van der Waals surface area contributed by atoms with Gasteiger partial charge in [0.15, 0.2) is 11.5 Å². The largest absolute Gasteiger partial charge is 0.454 e. The molecule has 2 heterocycles. The predicted molar refractivity (Wildman–Crippen MR) is 73.8 cm³/mol. The van der Waals surface area contributed by atoms with Gasteiger partial charge in [0.2, 0.25) is 12.7 Å². The van der Waals surface area contributed by atoms with Crippen LogP contribution in [0.5, 0.6) is 11.5 Å². The first kappa shape index (κ1) is 12.5. The van der Waals surface area contributed by atoms with E-state index in [1.54, 1.807) is 30.6 Å². The lowest BCUT2D eigenvalue weighted by atomic mass is 10.1. The Balaban J connectivity index is 1.56. The Morgan fingerprint density at radius 2 is 1.95 bits per heavy atom. The van der Waals surface area contributed by atoms with Crippen LogP contribution in [0, 0.1) is 0 Å². The van der Waals surface area contributed by atoms with Crippen LogP contribution in [-0.2, 0) is 11.2 Å². The van der Waals surface area contributed by atoms with Crippen molar-refractivity contribution in [2.24, 2.45) is 0 Å². The first-order valence-corrected chi connectivity index (χ1v) is 6.40. The van der Waals surface area contributed by atoms with Crippen molar-refractivity contribution in [3.63, 3.8) is 0 Å². The summed E-state index contributed by atoms with van der Waals surface area (Å²) in [5, 5.41) is 2.85. The van der Waals surface area contributed by atoms with Gasteiger partial charge in [-0.1, -0.05) is 0 Å². The molecule has 0 saturated heterocycles. The maximum Gasteiger partial charge on any atom is 0.231 e. The molecule has 0 aliphatic carbocycles. The SMILES string of the molecule is O=C(CCc1ccncc1)Nc1ccc2c(c1)OCO2. The summed E-state index contributed by atoms with van der Waals surface area (Å²) >= 11 is 0. The van der Waals surface area contributed by atoms with Crippen LogP contribution in [0.2, 0.25) is 0 Å². The van der Waals surface area contributed by atoms with Crippen molar-refractivity contribution in [3.05, 3.63) is 48.3 Å². The second-order valence-corrected chi connectivity index (χ2v) is 4.47. The van der Waals surface area contributed by atoms with Crippen LogP contribution in [0.3, 0.4) is 0 Å². The zero-order valence-corrected chi connectivity index (χ0v) is 10.8. The van der Waals surface area contributed by atoms with Gasteiger partial charge in [-0.2, -0.15) is 0 Å². The number of nitrogens with zero attached hydrogens (tertiary/aromatic N) is 1. The van der Waals surface area contributed by atoms with Gasteiger partial charge < -0.3 is 14.8 Å². The molecule has 1 aliphatic heterocycles. The van der Waals surface area contributed by atoms with Gasteiger partial charge in [-0.25, -0.2) is 0 Å². The molecule has 1 aliphatic rings. The van der Waals surface area contributed by atoms with Gasteiger partial charge in [0.1, 0.15) is 0 Å². The fourth-order valence-electron chi connectivity index (χ4n) is 2.01. The summed E-state index contributed by atoms with van der Waals surface area (Å²) in [4.78, 5) is 15.8. The molecule has 20 heavy (non-hydrogen) atoms. The number of carbonyl (C=O) groups is 1. The average Bonchev–Trinajstić information content (AvgIpc) is 2.94. The number of anilines is 1. The summed E-state index contributed by atoms with van der Waals surface area (Å²) in [5.74, 6) is 1.34. The third kappa shape index (κ3) is 2.88. The standard InChI is InChI=1S/C15H14N2O3/c18-15(4-1-11-5-7-16-8-6-11)17-12-2-3-13-14(9-12)20-10-19-13/h2-3,5-9H,1,4,10H2,(H,17,18). The molecule has 3 rings (SSSR count). The second-order valence-electron chi connectivity index (χ2n) is 4.47. The highest BCUT2D eigenvalue weighted by molar-refractivity contribution is 5.91. The fourth-order valence-corrected chi connectivity index (χ4v) is 2.01. The minimum Gasteiger partial charge on any atom is -0.454 e. The Kier molecular flexibility index (Phi) is 3.50. The van der Waals surface area contributed by atoms with Gasteiger partial charge in [0, 0.05) is 30.6 Å². The van der Waals surface area contributed by atoms with E-state index in [-0.39, 0.29) is 12.7 Å². The second kappa shape index (κ2) is 5.61. The lowest BCUT2D eigenvalue weighted by molar-refractivity contribution is -0.116. The minimum atomic E-state index is -0.0272. The highest BCUT2D eigenvalue weighted by Crippen LogP contribution is 2.34. The van der Waals surface area contributed by atoms with Crippen molar-refractivity contribution in [2.45, 2.75) is 12.8 Å². The average molecular weight is 270 g/mol. The van der Waals surface area contributed by atoms with Crippen molar-refractivity contribution < 1.29 is 14.3 Å². The topological polar surface area (TPSA) is 60.5 Å². The Morgan fingerprint density at radius 1 is 1.15 bits per heavy atom. The van der Waals surface area contributed by atoms with Crippen LogP contribution in [-0.4, -0.2) is 17.7 Å². The summed E-state index contributed by atoms with van der Waals surface area (Å²) < 4.78 is 10.5. The molecule has 1 aromatic heterocycles. The molecule has 1 N–H and O–H groups in total. The molecule has 1 aromatic carbocycles. The van der Waals surface area contributed by atoms with Gasteiger partial charge in [0.05, 0.1) is 0 Å².